The molecule has 2 heterocycles. The number of likely N-dealkylation sites (tertiary alicyclic amines) is 1. The Morgan fingerprint density at radius 3 is 2.62 bits per heavy atom. The topological polar surface area (TPSA) is 71.2 Å². The van der Waals surface area contributed by atoms with Crippen LogP contribution in [0.5, 0.6) is 0 Å². The molecule has 0 aliphatic carbocycles. The van der Waals surface area contributed by atoms with Crippen molar-refractivity contribution in [3.63, 3.8) is 0 Å². The van der Waals surface area contributed by atoms with Gasteiger partial charge in [0.2, 0.25) is 5.91 Å². The molecule has 6 nitrogen and oxygen atoms in total. The van der Waals surface area contributed by atoms with Crippen LogP contribution in [0.2, 0.25) is 5.02 Å². The van der Waals surface area contributed by atoms with Crippen LogP contribution in [0.15, 0.2) is 36.9 Å². The highest BCUT2D eigenvalue weighted by Crippen LogP contribution is 2.31. The SMILES string of the molecule is O=C(CCn1cncn1)N1CCC(C(O)c2ccc(Cl)cc2)CC1. The fourth-order valence-corrected chi connectivity index (χ4v) is 3.24. The van der Waals surface area contributed by atoms with Gasteiger partial charge in [-0.15, -0.1) is 0 Å². The quantitative estimate of drug-likeness (QED) is 0.900. The van der Waals surface area contributed by atoms with Crippen molar-refractivity contribution in [2.24, 2.45) is 5.92 Å². The number of aromatic nitrogens is 3. The second kappa shape index (κ2) is 7.77. The number of hydrogen-bond donors (Lipinski definition) is 1. The van der Waals surface area contributed by atoms with Crippen LogP contribution < -0.4 is 0 Å². The van der Waals surface area contributed by atoms with Gasteiger partial charge < -0.3 is 10.0 Å². The molecule has 2 aromatic rings. The third kappa shape index (κ3) is 4.13. The molecule has 0 bridgehead atoms. The number of aliphatic hydroxyl groups is 1. The van der Waals surface area contributed by atoms with Gasteiger partial charge in [-0.2, -0.15) is 5.10 Å². The van der Waals surface area contributed by atoms with E-state index in [9.17, 15) is 9.90 Å². The van der Waals surface area contributed by atoms with Crippen LogP contribution in [0, 0.1) is 5.92 Å². The Hall–Kier alpha value is -1.92. The monoisotopic (exact) mass is 348 g/mol. The minimum atomic E-state index is -0.505. The number of amides is 1. The molecule has 1 aliphatic rings. The van der Waals surface area contributed by atoms with Crippen LogP contribution in [-0.2, 0) is 11.3 Å². The van der Waals surface area contributed by atoms with Crippen LogP contribution in [-0.4, -0.2) is 43.8 Å². The van der Waals surface area contributed by atoms with Crippen molar-refractivity contribution in [3.05, 3.63) is 47.5 Å². The fraction of sp³-hybridized carbons (Fsp3) is 0.471. The molecule has 24 heavy (non-hydrogen) atoms. The zero-order valence-corrected chi connectivity index (χ0v) is 14.1. The lowest BCUT2D eigenvalue weighted by Crippen LogP contribution is -2.40. The number of aliphatic hydroxyl groups excluding tert-OH is 1. The molecule has 1 aliphatic heterocycles. The number of carbonyl (C=O) groups is 1. The second-order valence-electron chi connectivity index (χ2n) is 6.12. The summed E-state index contributed by atoms with van der Waals surface area (Å²) in [7, 11) is 0. The Balaban J connectivity index is 1.48. The molecule has 0 spiro atoms. The van der Waals surface area contributed by atoms with Gasteiger partial charge in [0, 0.05) is 24.5 Å². The summed E-state index contributed by atoms with van der Waals surface area (Å²) in [6, 6.07) is 7.32. The van der Waals surface area contributed by atoms with Crippen LogP contribution in [0.4, 0.5) is 0 Å². The Morgan fingerprint density at radius 2 is 2.00 bits per heavy atom. The van der Waals surface area contributed by atoms with E-state index in [1.165, 1.54) is 6.33 Å². The number of carbonyl (C=O) groups excluding carboxylic acids is 1. The molecule has 1 N–H and O–H groups in total. The molecule has 1 amide bonds. The van der Waals surface area contributed by atoms with Crippen molar-refractivity contribution in [3.8, 4) is 0 Å². The number of piperidine rings is 1. The Kier molecular flexibility index (Phi) is 5.48. The van der Waals surface area contributed by atoms with Gasteiger partial charge >= 0.3 is 0 Å². The molecule has 0 radical (unpaired) electrons. The summed E-state index contributed by atoms with van der Waals surface area (Å²) < 4.78 is 1.66. The molecule has 1 saturated heterocycles. The van der Waals surface area contributed by atoms with E-state index < -0.39 is 6.10 Å². The summed E-state index contributed by atoms with van der Waals surface area (Å²) in [6.07, 6.45) is 4.61. The van der Waals surface area contributed by atoms with Crippen molar-refractivity contribution in [2.75, 3.05) is 13.1 Å². The molecule has 3 rings (SSSR count). The molecule has 1 aromatic heterocycles. The molecule has 1 unspecified atom stereocenters. The molecule has 128 valence electrons. The van der Waals surface area contributed by atoms with E-state index in [0.717, 1.165) is 18.4 Å². The summed E-state index contributed by atoms with van der Waals surface area (Å²) in [6.45, 7) is 1.92. The van der Waals surface area contributed by atoms with Gasteiger partial charge in [-0.25, -0.2) is 4.98 Å². The summed E-state index contributed by atoms with van der Waals surface area (Å²) in [5.74, 6) is 0.301. The molecule has 7 heteroatoms. The van der Waals surface area contributed by atoms with Gasteiger partial charge in [-0.05, 0) is 36.5 Å². The molecule has 1 aromatic carbocycles. The van der Waals surface area contributed by atoms with E-state index in [1.807, 2.05) is 17.0 Å². The first kappa shape index (κ1) is 16.9. The van der Waals surface area contributed by atoms with E-state index in [0.29, 0.717) is 31.1 Å². The maximum Gasteiger partial charge on any atom is 0.224 e. The summed E-state index contributed by atoms with van der Waals surface area (Å²) >= 11 is 5.89. The number of nitrogens with zero attached hydrogens (tertiary/aromatic N) is 4. The average molecular weight is 349 g/mol. The normalized spacial score (nSPS) is 17.0. The highest BCUT2D eigenvalue weighted by molar-refractivity contribution is 6.30. The number of rotatable bonds is 5. The number of hydrogen-bond acceptors (Lipinski definition) is 4. The van der Waals surface area contributed by atoms with Crippen molar-refractivity contribution < 1.29 is 9.90 Å². The Bertz CT molecular complexity index is 652. The van der Waals surface area contributed by atoms with Gasteiger partial charge in [0.25, 0.3) is 0 Å². The first-order chi connectivity index (χ1) is 11.6. The van der Waals surface area contributed by atoms with Gasteiger partial charge in [-0.3, -0.25) is 9.48 Å². The third-order valence-corrected chi connectivity index (χ3v) is 4.82. The van der Waals surface area contributed by atoms with Crippen LogP contribution in [0.3, 0.4) is 0 Å². The lowest BCUT2D eigenvalue weighted by molar-refractivity contribution is -0.133. The van der Waals surface area contributed by atoms with Crippen molar-refractivity contribution in [2.45, 2.75) is 31.9 Å². The summed E-state index contributed by atoms with van der Waals surface area (Å²) in [4.78, 5) is 18.0. The van der Waals surface area contributed by atoms with E-state index in [4.69, 9.17) is 11.6 Å². The summed E-state index contributed by atoms with van der Waals surface area (Å²) in [5.41, 5.74) is 0.885. The van der Waals surface area contributed by atoms with Crippen molar-refractivity contribution >= 4 is 17.5 Å². The first-order valence-electron chi connectivity index (χ1n) is 8.17. The molecular weight excluding hydrogens is 328 g/mol. The smallest absolute Gasteiger partial charge is 0.224 e. The first-order valence-corrected chi connectivity index (χ1v) is 8.55. The largest absolute Gasteiger partial charge is 0.388 e. The predicted octanol–water partition coefficient (Wildman–Crippen LogP) is 2.29. The van der Waals surface area contributed by atoms with Crippen LogP contribution in [0.25, 0.3) is 0 Å². The van der Waals surface area contributed by atoms with Gasteiger partial charge in [-0.1, -0.05) is 23.7 Å². The molecule has 1 fully saturated rings. The van der Waals surface area contributed by atoms with Gasteiger partial charge in [0.05, 0.1) is 12.6 Å². The van der Waals surface area contributed by atoms with Gasteiger partial charge in [0.1, 0.15) is 12.7 Å². The maximum absolute atomic E-state index is 12.3. The lowest BCUT2D eigenvalue weighted by atomic mass is 9.87. The number of halogens is 1. The fourth-order valence-electron chi connectivity index (χ4n) is 3.11. The maximum atomic E-state index is 12.3. The number of benzene rings is 1. The lowest BCUT2D eigenvalue weighted by Gasteiger charge is -2.34. The van der Waals surface area contributed by atoms with E-state index in [-0.39, 0.29) is 11.8 Å². The van der Waals surface area contributed by atoms with Crippen molar-refractivity contribution in [1.29, 1.82) is 0 Å². The van der Waals surface area contributed by atoms with Gasteiger partial charge in [0.15, 0.2) is 0 Å². The Labute approximate surface area is 146 Å². The number of aryl methyl sites for hydroxylation is 1. The minimum Gasteiger partial charge on any atom is -0.388 e. The highest BCUT2D eigenvalue weighted by Gasteiger charge is 2.28. The zero-order chi connectivity index (χ0) is 16.9. The van der Waals surface area contributed by atoms with E-state index in [2.05, 4.69) is 10.1 Å². The van der Waals surface area contributed by atoms with Crippen LogP contribution >= 0.6 is 11.6 Å². The predicted molar refractivity (Wildman–Crippen MR) is 90.4 cm³/mol. The van der Waals surface area contributed by atoms with Crippen molar-refractivity contribution in [1.82, 2.24) is 19.7 Å². The standard InChI is InChI=1S/C17H21ClN4O2/c18-15-3-1-13(2-4-15)17(24)14-5-8-21(9-6-14)16(23)7-10-22-12-19-11-20-22/h1-4,11-12,14,17,24H,5-10H2. The molecule has 1 atom stereocenters. The van der Waals surface area contributed by atoms with Crippen LogP contribution in [0.1, 0.15) is 30.9 Å². The second-order valence-corrected chi connectivity index (χ2v) is 6.56. The highest BCUT2D eigenvalue weighted by atomic mass is 35.5. The van der Waals surface area contributed by atoms with E-state index in [1.54, 1.807) is 23.1 Å². The Morgan fingerprint density at radius 1 is 1.29 bits per heavy atom. The summed E-state index contributed by atoms with van der Waals surface area (Å²) in [5, 5.41) is 15.2. The zero-order valence-electron chi connectivity index (χ0n) is 13.4. The molecule has 0 saturated carbocycles. The minimum absolute atomic E-state index is 0.130. The van der Waals surface area contributed by atoms with E-state index >= 15 is 0 Å². The third-order valence-electron chi connectivity index (χ3n) is 4.57. The molecular formula is C17H21ClN4O2. The average Bonchev–Trinajstić information content (AvgIpc) is 3.13.